The van der Waals surface area contributed by atoms with Crippen LogP contribution in [-0.4, -0.2) is 29.8 Å². The van der Waals surface area contributed by atoms with Gasteiger partial charge in [-0.2, -0.15) is 0 Å². The quantitative estimate of drug-likeness (QED) is 0.704. The maximum absolute atomic E-state index is 11.0. The van der Waals surface area contributed by atoms with Crippen molar-refractivity contribution < 1.29 is 19.4 Å². The monoisotopic (exact) mass is 203 g/mol. The number of carbonyl (C=O) groups excluding carboxylic acids is 1. The second kappa shape index (κ2) is 6.23. The van der Waals surface area contributed by atoms with E-state index >= 15 is 0 Å². The van der Waals surface area contributed by atoms with Crippen LogP contribution in [0.15, 0.2) is 0 Å². The Balaban J connectivity index is 3.66. The predicted molar refractivity (Wildman–Crippen MR) is 51.0 cm³/mol. The normalized spacial score (nSPS) is 12.3. The Morgan fingerprint density at radius 1 is 1.36 bits per heavy atom. The van der Waals surface area contributed by atoms with E-state index in [4.69, 9.17) is 9.84 Å². The van der Waals surface area contributed by atoms with Crippen molar-refractivity contribution in [2.75, 3.05) is 6.61 Å². The highest BCUT2D eigenvalue weighted by molar-refractivity contribution is 5.71. The number of carbonyl (C=O) groups is 2. The van der Waals surface area contributed by atoms with Gasteiger partial charge in [0.05, 0.1) is 13.0 Å². The number of alkyl carbamates (subject to hydrolysis) is 1. The van der Waals surface area contributed by atoms with Gasteiger partial charge >= 0.3 is 12.1 Å². The summed E-state index contributed by atoms with van der Waals surface area (Å²) >= 11 is 0. The summed E-state index contributed by atoms with van der Waals surface area (Å²) in [6, 6.07) is -0.410. The molecule has 0 radical (unpaired) electrons. The average Bonchev–Trinajstić information content (AvgIpc) is 1.98. The van der Waals surface area contributed by atoms with Crippen LogP contribution in [0, 0.1) is 5.92 Å². The maximum atomic E-state index is 11.0. The smallest absolute Gasteiger partial charge is 0.407 e. The molecule has 2 N–H and O–H groups in total. The molecule has 5 nitrogen and oxygen atoms in total. The van der Waals surface area contributed by atoms with E-state index in [0.29, 0.717) is 6.61 Å². The molecule has 0 aliphatic heterocycles. The summed E-state index contributed by atoms with van der Waals surface area (Å²) in [6.45, 7) is 5.80. The third-order valence-corrected chi connectivity index (χ3v) is 1.39. The lowest BCUT2D eigenvalue weighted by Gasteiger charge is -2.12. The Labute approximate surface area is 83.4 Å². The molecule has 0 fully saturated rings. The highest BCUT2D eigenvalue weighted by Gasteiger charge is 2.11. The van der Waals surface area contributed by atoms with E-state index in [2.05, 4.69) is 5.32 Å². The molecular formula is C9H17NO4. The van der Waals surface area contributed by atoms with Crippen LogP contribution in [-0.2, 0) is 9.53 Å². The second-order valence-electron chi connectivity index (χ2n) is 3.64. The first-order valence-corrected chi connectivity index (χ1v) is 4.57. The standard InChI is InChI=1S/C9H17NO4/c1-6(2)5-14-9(13)10-7(3)4-8(11)12/h6-7H,4-5H2,1-3H3,(H,10,13)(H,11,12). The molecule has 14 heavy (non-hydrogen) atoms. The molecule has 0 saturated heterocycles. The fraction of sp³-hybridized carbons (Fsp3) is 0.778. The van der Waals surface area contributed by atoms with Gasteiger partial charge in [0.2, 0.25) is 0 Å². The molecule has 0 saturated carbocycles. The maximum Gasteiger partial charge on any atom is 0.407 e. The number of hydrogen-bond acceptors (Lipinski definition) is 3. The lowest BCUT2D eigenvalue weighted by molar-refractivity contribution is -0.137. The van der Waals surface area contributed by atoms with Crippen molar-refractivity contribution in [3.63, 3.8) is 0 Å². The molecule has 0 aromatic heterocycles. The summed E-state index contributed by atoms with van der Waals surface area (Å²) in [4.78, 5) is 21.3. The molecule has 0 heterocycles. The van der Waals surface area contributed by atoms with E-state index in [0.717, 1.165) is 0 Å². The van der Waals surface area contributed by atoms with Crippen molar-refractivity contribution >= 4 is 12.1 Å². The van der Waals surface area contributed by atoms with Gasteiger partial charge in [0.25, 0.3) is 0 Å². The SMILES string of the molecule is CC(C)COC(=O)NC(C)CC(=O)O. The first-order chi connectivity index (χ1) is 6.41. The minimum absolute atomic E-state index is 0.100. The highest BCUT2D eigenvalue weighted by Crippen LogP contribution is 1.95. The molecule has 5 heteroatoms. The Morgan fingerprint density at radius 3 is 2.36 bits per heavy atom. The zero-order valence-corrected chi connectivity index (χ0v) is 8.74. The van der Waals surface area contributed by atoms with E-state index in [-0.39, 0.29) is 12.3 Å². The fourth-order valence-electron chi connectivity index (χ4n) is 0.798. The first kappa shape index (κ1) is 12.7. The lowest BCUT2D eigenvalue weighted by Crippen LogP contribution is -2.35. The first-order valence-electron chi connectivity index (χ1n) is 4.57. The van der Waals surface area contributed by atoms with Crippen LogP contribution in [0.25, 0.3) is 0 Å². The number of aliphatic carboxylic acids is 1. The minimum Gasteiger partial charge on any atom is -0.481 e. The van der Waals surface area contributed by atoms with E-state index in [9.17, 15) is 9.59 Å². The van der Waals surface area contributed by atoms with Crippen molar-refractivity contribution in [2.24, 2.45) is 5.92 Å². The van der Waals surface area contributed by atoms with Crippen LogP contribution in [0.5, 0.6) is 0 Å². The van der Waals surface area contributed by atoms with E-state index in [1.807, 2.05) is 13.8 Å². The van der Waals surface area contributed by atoms with E-state index < -0.39 is 18.1 Å². The molecule has 1 unspecified atom stereocenters. The lowest BCUT2D eigenvalue weighted by atomic mass is 10.2. The van der Waals surface area contributed by atoms with Crippen molar-refractivity contribution in [1.29, 1.82) is 0 Å². The molecule has 0 aromatic carbocycles. The highest BCUT2D eigenvalue weighted by atomic mass is 16.5. The third-order valence-electron chi connectivity index (χ3n) is 1.39. The number of carboxylic acid groups (broad SMARTS) is 1. The third kappa shape index (κ3) is 7.39. The summed E-state index contributed by atoms with van der Waals surface area (Å²) < 4.78 is 4.81. The van der Waals surface area contributed by atoms with Crippen molar-refractivity contribution in [1.82, 2.24) is 5.32 Å². The van der Waals surface area contributed by atoms with Crippen LogP contribution < -0.4 is 5.32 Å². The van der Waals surface area contributed by atoms with Gasteiger partial charge in [-0.3, -0.25) is 4.79 Å². The van der Waals surface area contributed by atoms with Gasteiger partial charge in [-0.15, -0.1) is 0 Å². The predicted octanol–water partition coefficient (Wildman–Crippen LogP) is 1.23. The minimum atomic E-state index is -0.943. The largest absolute Gasteiger partial charge is 0.481 e. The van der Waals surface area contributed by atoms with Crippen LogP contribution >= 0.6 is 0 Å². The molecule has 0 spiro atoms. The molecular weight excluding hydrogens is 186 g/mol. The van der Waals surface area contributed by atoms with Gasteiger partial charge in [0.15, 0.2) is 0 Å². The number of ether oxygens (including phenoxy) is 1. The van der Waals surface area contributed by atoms with Crippen molar-refractivity contribution in [3.05, 3.63) is 0 Å². The molecule has 1 amide bonds. The van der Waals surface area contributed by atoms with E-state index in [1.165, 1.54) is 0 Å². The molecule has 0 aliphatic carbocycles. The molecule has 0 aliphatic rings. The van der Waals surface area contributed by atoms with Gasteiger partial charge in [0.1, 0.15) is 0 Å². The van der Waals surface area contributed by atoms with Gasteiger partial charge in [-0.25, -0.2) is 4.79 Å². The molecule has 1 atom stereocenters. The average molecular weight is 203 g/mol. The Morgan fingerprint density at radius 2 is 1.93 bits per heavy atom. The van der Waals surface area contributed by atoms with Gasteiger partial charge in [0, 0.05) is 6.04 Å². The Bertz CT molecular complexity index is 203. The summed E-state index contributed by atoms with van der Waals surface area (Å²) in [7, 11) is 0. The number of amides is 1. The summed E-state index contributed by atoms with van der Waals surface area (Å²) in [5, 5.41) is 10.8. The zero-order valence-electron chi connectivity index (χ0n) is 8.74. The van der Waals surface area contributed by atoms with Gasteiger partial charge < -0.3 is 15.2 Å². The van der Waals surface area contributed by atoms with Crippen LogP contribution in [0.3, 0.4) is 0 Å². The van der Waals surface area contributed by atoms with Crippen LogP contribution in [0.2, 0.25) is 0 Å². The Kier molecular flexibility index (Phi) is 5.67. The summed E-state index contributed by atoms with van der Waals surface area (Å²) in [6.07, 6.45) is -0.663. The molecule has 82 valence electrons. The molecule has 0 aromatic rings. The number of carboxylic acids is 1. The van der Waals surface area contributed by atoms with Gasteiger partial charge in [-0.1, -0.05) is 13.8 Å². The summed E-state index contributed by atoms with van der Waals surface area (Å²) in [5.41, 5.74) is 0. The van der Waals surface area contributed by atoms with E-state index in [1.54, 1.807) is 6.92 Å². The van der Waals surface area contributed by atoms with Crippen molar-refractivity contribution in [2.45, 2.75) is 33.2 Å². The number of rotatable bonds is 5. The molecule has 0 rings (SSSR count). The number of nitrogens with one attached hydrogen (secondary N) is 1. The van der Waals surface area contributed by atoms with Crippen LogP contribution in [0.4, 0.5) is 4.79 Å². The van der Waals surface area contributed by atoms with Crippen molar-refractivity contribution in [3.8, 4) is 0 Å². The van der Waals surface area contributed by atoms with Crippen LogP contribution in [0.1, 0.15) is 27.2 Å². The zero-order chi connectivity index (χ0) is 11.1. The fourth-order valence-corrected chi connectivity index (χ4v) is 0.798. The Hall–Kier alpha value is -1.26. The number of hydrogen-bond donors (Lipinski definition) is 2. The summed E-state index contributed by atoms with van der Waals surface area (Å²) in [5.74, 6) is -0.669. The van der Waals surface area contributed by atoms with Gasteiger partial charge in [-0.05, 0) is 12.8 Å². The second-order valence-corrected chi connectivity index (χ2v) is 3.64. The topological polar surface area (TPSA) is 75.6 Å². The molecule has 0 bridgehead atoms.